The number of hydrogen-bond donors (Lipinski definition) is 1. The Bertz CT molecular complexity index is 582. The molecular formula is C14H15IO4S. The summed E-state index contributed by atoms with van der Waals surface area (Å²) in [7, 11) is -4.92. The van der Waals surface area contributed by atoms with E-state index in [0.717, 1.165) is 0 Å². The average Bonchev–Trinajstić information content (AvgIpc) is 2.33. The van der Waals surface area contributed by atoms with E-state index in [-0.39, 0.29) is 21.2 Å². The zero-order chi connectivity index (χ0) is 15.2. The van der Waals surface area contributed by atoms with Gasteiger partial charge >= 0.3 is 21.2 Å². The highest BCUT2D eigenvalue weighted by molar-refractivity contribution is 7.79. The van der Waals surface area contributed by atoms with E-state index in [1.54, 1.807) is 0 Å². The zero-order valence-corrected chi connectivity index (χ0v) is 14.1. The minimum Gasteiger partial charge on any atom is -0.726 e. The van der Waals surface area contributed by atoms with Gasteiger partial charge in [-0.3, -0.25) is 4.55 Å². The predicted octanol–water partition coefficient (Wildman–Crippen LogP) is -0.564. The first kappa shape index (κ1) is 17.1. The maximum absolute atomic E-state index is 8.63. The first-order valence-electron chi connectivity index (χ1n) is 5.70. The summed E-state index contributed by atoms with van der Waals surface area (Å²) in [5.74, 6) is 0. The first-order valence-corrected chi connectivity index (χ1v) is 9.23. The van der Waals surface area contributed by atoms with Crippen LogP contribution in [-0.2, 0) is 10.4 Å². The van der Waals surface area contributed by atoms with E-state index >= 15 is 0 Å². The minimum atomic E-state index is -4.92. The second-order valence-corrected chi connectivity index (χ2v) is 8.00. The number of rotatable bonds is 2. The van der Waals surface area contributed by atoms with Crippen molar-refractivity contribution in [1.29, 1.82) is 0 Å². The summed E-state index contributed by atoms with van der Waals surface area (Å²) in [5.41, 5.74) is 2.68. The molecule has 4 nitrogen and oxygen atoms in total. The lowest BCUT2D eigenvalue weighted by atomic mass is 10.2. The van der Waals surface area contributed by atoms with Gasteiger partial charge in [0.15, 0.2) is 7.14 Å². The molecule has 0 unspecified atom stereocenters. The molecule has 20 heavy (non-hydrogen) atoms. The zero-order valence-electron chi connectivity index (χ0n) is 11.1. The molecule has 0 aliphatic heterocycles. The van der Waals surface area contributed by atoms with Crippen molar-refractivity contribution in [2.45, 2.75) is 13.8 Å². The summed E-state index contributed by atoms with van der Waals surface area (Å²) < 4.78 is 35.8. The van der Waals surface area contributed by atoms with E-state index in [4.69, 9.17) is 17.5 Å². The van der Waals surface area contributed by atoms with Crippen LogP contribution in [0.15, 0.2) is 48.5 Å². The van der Waals surface area contributed by atoms with Gasteiger partial charge in [-0.25, -0.2) is 8.42 Å². The Morgan fingerprint density at radius 2 is 1.10 bits per heavy atom. The second-order valence-electron chi connectivity index (χ2n) is 4.11. The van der Waals surface area contributed by atoms with Gasteiger partial charge in [-0.15, -0.1) is 0 Å². The van der Waals surface area contributed by atoms with Crippen LogP contribution in [0, 0.1) is 21.0 Å². The van der Waals surface area contributed by atoms with Crippen molar-refractivity contribution in [2.24, 2.45) is 0 Å². The monoisotopic (exact) mass is 406 g/mol. The highest BCUT2D eigenvalue weighted by Crippen LogP contribution is 1.95. The lowest BCUT2D eigenvalue weighted by Gasteiger charge is -1.90. The molecule has 0 radical (unpaired) electrons. The fourth-order valence-corrected chi connectivity index (χ4v) is 3.48. The smallest absolute Gasteiger partial charge is 0.357 e. The molecule has 6 heteroatoms. The van der Waals surface area contributed by atoms with Gasteiger partial charge in [0, 0.05) is 0 Å². The predicted molar refractivity (Wildman–Crippen MR) is 72.1 cm³/mol. The van der Waals surface area contributed by atoms with Crippen LogP contribution in [-0.4, -0.2) is 17.5 Å². The van der Waals surface area contributed by atoms with Crippen molar-refractivity contribution in [2.75, 3.05) is 0 Å². The average molecular weight is 406 g/mol. The molecule has 0 bridgehead atoms. The Hall–Kier alpha value is -0.960. The van der Waals surface area contributed by atoms with Gasteiger partial charge < -0.3 is 4.55 Å². The summed E-state index contributed by atoms with van der Waals surface area (Å²) in [6.45, 7) is 4.27. The molecule has 0 fully saturated rings. The Balaban J connectivity index is 0.000000347. The van der Waals surface area contributed by atoms with Gasteiger partial charge in [-0.05, 0) is 38.1 Å². The quantitative estimate of drug-likeness (QED) is 0.412. The number of halogens is 1. The van der Waals surface area contributed by atoms with Crippen molar-refractivity contribution in [3.63, 3.8) is 0 Å². The molecular weight excluding hydrogens is 391 g/mol. The molecule has 0 spiro atoms. The summed E-state index contributed by atoms with van der Waals surface area (Å²) in [5, 5.41) is 0. The van der Waals surface area contributed by atoms with Crippen LogP contribution in [0.4, 0.5) is 0 Å². The third-order valence-electron chi connectivity index (χ3n) is 2.24. The van der Waals surface area contributed by atoms with Crippen molar-refractivity contribution < 1.29 is 38.7 Å². The maximum atomic E-state index is 8.63. The van der Waals surface area contributed by atoms with Crippen LogP contribution in [0.25, 0.3) is 0 Å². The fourth-order valence-electron chi connectivity index (χ4n) is 1.32. The Kier molecular flexibility index (Phi) is 6.60. The minimum absolute atomic E-state index is 0.00313. The van der Waals surface area contributed by atoms with Gasteiger partial charge in [0.1, 0.15) is 0 Å². The summed E-state index contributed by atoms with van der Waals surface area (Å²) in [6.07, 6.45) is 0. The van der Waals surface area contributed by atoms with E-state index in [2.05, 4.69) is 62.4 Å². The van der Waals surface area contributed by atoms with Crippen LogP contribution in [0.3, 0.4) is 0 Å². The lowest BCUT2D eigenvalue weighted by molar-refractivity contribution is -0.597. The van der Waals surface area contributed by atoms with Crippen molar-refractivity contribution >= 4 is 10.4 Å². The Morgan fingerprint density at radius 3 is 1.35 bits per heavy atom. The molecule has 0 heterocycles. The molecule has 2 rings (SSSR count). The van der Waals surface area contributed by atoms with Crippen LogP contribution < -0.4 is 21.2 Å². The number of hydrogen-bond acceptors (Lipinski definition) is 3. The molecule has 2 aromatic rings. The molecule has 0 saturated carbocycles. The topological polar surface area (TPSA) is 77.4 Å². The first-order chi connectivity index (χ1) is 9.24. The molecule has 0 aliphatic rings. The number of benzene rings is 2. The van der Waals surface area contributed by atoms with E-state index in [9.17, 15) is 0 Å². The van der Waals surface area contributed by atoms with Crippen LogP contribution in [0.5, 0.6) is 0 Å². The molecule has 108 valence electrons. The van der Waals surface area contributed by atoms with E-state index in [0.29, 0.717) is 0 Å². The normalized spacial score (nSPS) is 10.6. The highest BCUT2D eigenvalue weighted by Gasteiger charge is 2.13. The van der Waals surface area contributed by atoms with Crippen LogP contribution >= 0.6 is 0 Å². The highest BCUT2D eigenvalue weighted by atomic mass is 127. The molecule has 0 atom stereocenters. The van der Waals surface area contributed by atoms with Crippen LogP contribution in [0.1, 0.15) is 11.1 Å². The van der Waals surface area contributed by atoms with E-state index in [1.165, 1.54) is 18.3 Å². The summed E-state index contributed by atoms with van der Waals surface area (Å²) in [4.78, 5) is 0. The van der Waals surface area contributed by atoms with Gasteiger partial charge in [0.2, 0.25) is 10.4 Å². The third kappa shape index (κ3) is 8.26. The standard InChI is InChI=1S/C14H14I.H2O4S/c1-11-3-7-13(8-4-11)15-14-9-5-12(2)6-10-14;1-5(2,3)4/h3-10H,1-2H3;(H2,1,2,3,4)/q+1;/p-1. The van der Waals surface area contributed by atoms with Gasteiger partial charge in [-0.1, -0.05) is 35.4 Å². The van der Waals surface area contributed by atoms with E-state index < -0.39 is 10.4 Å². The van der Waals surface area contributed by atoms with E-state index in [1.807, 2.05) is 0 Å². The summed E-state index contributed by atoms with van der Waals surface area (Å²) in [6, 6.07) is 17.8. The second kappa shape index (κ2) is 7.72. The molecule has 0 aliphatic carbocycles. The molecule has 2 aromatic carbocycles. The van der Waals surface area contributed by atoms with Gasteiger partial charge in [-0.2, -0.15) is 0 Å². The SMILES string of the molecule is Cc1ccc([I+]c2ccc(C)cc2)cc1.O=S(=O)([O-])O. The van der Waals surface area contributed by atoms with Gasteiger partial charge in [0.05, 0.1) is 0 Å². The van der Waals surface area contributed by atoms with Crippen molar-refractivity contribution in [1.82, 2.24) is 0 Å². The van der Waals surface area contributed by atoms with Crippen molar-refractivity contribution in [3.8, 4) is 0 Å². The largest absolute Gasteiger partial charge is 0.726 e. The van der Waals surface area contributed by atoms with Crippen molar-refractivity contribution in [3.05, 3.63) is 66.8 Å². The van der Waals surface area contributed by atoms with Gasteiger partial charge in [0.25, 0.3) is 0 Å². The van der Waals surface area contributed by atoms with Crippen LogP contribution in [0.2, 0.25) is 0 Å². The summed E-state index contributed by atoms with van der Waals surface area (Å²) >= 11 is 0.00313. The Morgan fingerprint density at radius 1 is 0.850 bits per heavy atom. The third-order valence-corrected chi connectivity index (χ3v) is 4.92. The molecule has 0 aromatic heterocycles. The molecule has 0 saturated heterocycles. The molecule has 1 N–H and O–H groups in total. The maximum Gasteiger partial charge on any atom is 0.357 e. The number of aryl methyl sites for hydroxylation is 2. The molecule has 0 amide bonds. The fraction of sp³-hybridized carbons (Fsp3) is 0.143. The Labute approximate surface area is 129 Å². The lowest BCUT2D eigenvalue weighted by Crippen LogP contribution is -3.61.